The maximum atomic E-state index is 4.82. The molecule has 1 saturated heterocycles. The lowest BCUT2D eigenvalue weighted by molar-refractivity contribution is 0.320. The van der Waals surface area contributed by atoms with Crippen LogP contribution in [0.3, 0.4) is 0 Å². The van der Waals surface area contributed by atoms with Gasteiger partial charge in [-0.15, -0.1) is 0 Å². The summed E-state index contributed by atoms with van der Waals surface area (Å²) in [7, 11) is 1.85. The number of aromatic nitrogens is 4. The van der Waals surface area contributed by atoms with Gasteiger partial charge in [-0.2, -0.15) is 10.1 Å². The van der Waals surface area contributed by atoms with Gasteiger partial charge in [-0.3, -0.25) is 4.90 Å². The molecule has 0 unspecified atom stereocenters. The van der Waals surface area contributed by atoms with Crippen LogP contribution in [-0.2, 0) is 6.54 Å². The molecule has 1 saturated carbocycles. The minimum atomic E-state index is 0.638. The van der Waals surface area contributed by atoms with Crippen molar-refractivity contribution in [3.05, 3.63) is 11.9 Å². The van der Waals surface area contributed by atoms with Crippen LogP contribution < -0.4 is 5.32 Å². The highest BCUT2D eigenvalue weighted by atomic mass is 15.3. The van der Waals surface area contributed by atoms with E-state index >= 15 is 0 Å². The molecule has 2 fully saturated rings. The maximum absolute atomic E-state index is 4.82. The second-order valence-corrected chi connectivity index (χ2v) is 7.85. The summed E-state index contributed by atoms with van der Waals surface area (Å²) >= 11 is 0. The fourth-order valence-electron chi connectivity index (χ4n) is 4.27. The van der Waals surface area contributed by atoms with Gasteiger partial charge in [0.2, 0.25) is 5.95 Å². The van der Waals surface area contributed by atoms with Crippen molar-refractivity contribution in [1.29, 1.82) is 0 Å². The van der Waals surface area contributed by atoms with Gasteiger partial charge in [0.05, 0.1) is 11.9 Å². The van der Waals surface area contributed by atoms with Crippen LogP contribution in [0.15, 0.2) is 6.20 Å². The van der Waals surface area contributed by atoms with Gasteiger partial charge in [0.1, 0.15) is 5.69 Å². The van der Waals surface area contributed by atoms with Crippen LogP contribution in [0.2, 0.25) is 0 Å². The summed E-state index contributed by atoms with van der Waals surface area (Å²) in [6.45, 7) is 4.09. The van der Waals surface area contributed by atoms with E-state index in [0.717, 1.165) is 29.8 Å². The first kappa shape index (κ1) is 18.2. The van der Waals surface area contributed by atoms with Crippen LogP contribution in [0.1, 0.15) is 57.1 Å². The van der Waals surface area contributed by atoms with E-state index in [1.54, 1.807) is 0 Å². The Morgan fingerprint density at radius 1 is 1.11 bits per heavy atom. The number of fused-ring (bicyclic) bond motifs is 1. The number of anilines is 1. The van der Waals surface area contributed by atoms with Crippen molar-refractivity contribution in [3.63, 3.8) is 0 Å². The van der Waals surface area contributed by atoms with Gasteiger partial charge in [-0.25, -0.2) is 9.67 Å². The molecule has 6 heteroatoms. The first-order valence-electron chi connectivity index (χ1n) is 10.5. The van der Waals surface area contributed by atoms with Crippen molar-refractivity contribution in [2.45, 2.75) is 57.9 Å². The predicted octanol–water partition coefficient (Wildman–Crippen LogP) is 3.29. The largest absolute Gasteiger partial charge is 0.357 e. The smallest absolute Gasteiger partial charge is 0.224 e. The molecule has 3 heterocycles. The Morgan fingerprint density at radius 3 is 2.63 bits per heavy atom. The number of nitrogens with one attached hydrogen (secondary N) is 1. The van der Waals surface area contributed by atoms with E-state index in [1.165, 1.54) is 64.5 Å². The molecule has 2 aliphatic rings. The molecule has 4 rings (SSSR count). The summed E-state index contributed by atoms with van der Waals surface area (Å²) in [5.41, 5.74) is 1.72. The van der Waals surface area contributed by atoms with Gasteiger partial charge in [0.25, 0.3) is 0 Å². The van der Waals surface area contributed by atoms with Crippen molar-refractivity contribution in [2.24, 2.45) is 5.92 Å². The number of hydrogen-bond donors (Lipinski definition) is 1. The highest BCUT2D eigenvalue weighted by Crippen LogP contribution is 2.27. The number of nitrogens with zero attached hydrogens (tertiary/aromatic N) is 5. The monoisotopic (exact) mass is 366 g/mol. The molecule has 2 aromatic rings. The van der Waals surface area contributed by atoms with Gasteiger partial charge >= 0.3 is 0 Å². The average Bonchev–Trinajstić information content (AvgIpc) is 3.23. The topological polar surface area (TPSA) is 58.9 Å². The Morgan fingerprint density at radius 2 is 1.89 bits per heavy atom. The first-order valence-corrected chi connectivity index (χ1v) is 10.5. The maximum Gasteiger partial charge on any atom is 0.224 e. The van der Waals surface area contributed by atoms with Gasteiger partial charge in [-0.1, -0.05) is 31.6 Å². The van der Waals surface area contributed by atoms with Crippen molar-refractivity contribution in [2.75, 3.05) is 32.0 Å². The third kappa shape index (κ3) is 4.41. The standard InChI is InChI=1S/C21H30N6/c1-22-21-23-15-18-19(11-8-14-26-12-6-2-3-7-13-26)25-27(20(18)24-21)16-17-9-4-5-10-17/h15,17H,2-7,9-10,12-14,16H2,1H3,(H,22,23,24). The highest BCUT2D eigenvalue weighted by molar-refractivity contribution is 5.81. The molecule has 0 radical (unpaired) electrons. The molecule has 1 N–H and O–H groups in total. The second kappa shape index (κ2) is 8.71. The first-order chi connectivity index (χ1) is 13.3. The molecule has 1 aliphatic carbocycles. The van der Waals surface area contributed by atoms with E-state index in [0.29, 0.717) is 11.9 Å². The number of hydrogen-bond acceptors (Lipinski definition) is 5. The lowest BCUT2D eigenvalue weighted by atomic mass is 10.1. The third-order valence-electron chi connectivity index (χ3n) is 5.83. The van der Waals surface area contributed by atoms with Crippen LogP contribution in [0.4, 0.5) is 5.95 Å². The Kier molecular flexibility index (Phi) is 5.88. The fourth-order valence-corrected chi connectivity index (χ4v) is 4.27. The zero-order valence-corrected chi connectivity index (χ0v) is 16.4. The Balaban J connectivity index is 1.57. The molecule has 0 amide bonds. The third-order valence-corrected chi connectivity index (χ3v) is 5.83. The minimum Gasteiger partial charge on any atom is -0.357 e. The van der Waals surface area contributed by atoms with E-state index in [2.05, 4.69) is 36.7 Å². The Hall–Kier alpha value is -2.13. The lowest BCUT2D eigenvalue weighted by Crippen LogP contribution is -2.24. The van der Waals surface area contributed by atoms with E-state index < -0.39 is 0 Å². The van der Waals surface area contributed by atoms with Crippen molar-refractivity contribution in [1.82, 2.24) is 24.6 Å². The molecule has 0 atom stereocenters. The fraction of sp³-hybridized carbons (Fsp3) is 0.667. The molecule has 1 aliphatic heterocycles. The van der Waals surface area contributed by atoms with Gasteiger partial charge < -0.3 is 5.32 Å². The molecule has 0 bridgehead atoms. The molecule has 6 nitrogen and oxygen atoms in total. The van der Waals surface area contributed by atoms with Crippen LogP contribution in [0, 0.1) is 17.8 Å². The summed E-state index contributed by atoms with van der Waals surface area (Å²) in [6.07, 6.45) is 12.4. The van der Waals surface area contributed by atoms with Gasteiger partial charge in [-0.05, 0) is 50.6 Å². The van der Waals surface area contributed by atoms with Gasteiger partial charge in [0, 0.05) is 19.8 Å². The molecule has 2 aromatic heterocycles. The second-order valence-electron chi connectivity index (χ2n) is 7.85. The Labute approximate surface area is 161 Å². The molecule has 0 spiro atoms. The van der Waals surface area contributed by atoms with Crippen molar-refractivity contribution >= 4 is 17.0 Å². The summed E-state index contributed by atoms with van der Waals surface area (Å²) in [5, 5.41) is 8.83. The molecular formula is C21H30N6. The molecule has 0 aromatic carbocycles. The van der Waals surface area contributed by atoms with Crippen LogP contribution in [-0.4, -0.2) is 51.3 Å². The van der Waals surface area contributed by atoms with Gasteiger partial charge in [0.15, 0.2) is 5.65 Å². The molecule has 144 valence electrons. The van der Waals surface area contributed by atoms with E-state index in [9.17, 15) is 0 Å². The quantitative estimate of drug-likeness (QED) is 0.842. The molecular weight excluding hydrogens is 336 g/mol. The Bertz CT molecular complexity index is 816. The lowest BCUT2D eigenvalue weighted by Gasteiger charge is -2.15. The normalized spacial score (nSPS) is 19.0. The minimum absolute atomic E-state index is 0.638. The SMILES string of the molecule is CNc1ncc2c(C#CCN3CCCCCC3)nn(CC3CCCC3)c2n1. The zero-order valence-electron chi connectivity index (χ0n) is 16.4. The van der Waals surface area contributed by atoms with Crippen LogP contribution in [0.25, 0.3) is 11.0 Å². The van der Waals surface area contributed by atoms with Crippen molar-refractivity contribution < 1.29 is 0 Å². The van der Waals surface area contributed by atoms with E-state index in [4.69, 9.17) is 5.10 Å². The summed E-state index contributed by atoms with van der Waals surface area (Å²) in [6, 6.07) is 0. The highest BCUT2D eigenvalue weighted by Gasteiger charge is 2.19. The number of likely N-dealkylation sites (tertiary alicyclic amines) is 1. The average molecular weight is 367 g/mol. The van der Waals surface area contributed by atoms with Crippen LogP contribution >= 0.6 is 0 Å². The number of rotatable bonds is 4. The van der Waals surface area contributed by atoms with Crippen molar-refractivity contribution in [3.8, 4) is 11.8 Å². The van der Waals surface area contributed by atoms with E-state index in [1.807, 2.05) is 13.2 Å². The summed E-state index contributed by atoms with van der Waals surface area (Å²) < 4.78 is 2.06. The van der Waals surface area contributed by atoms with Crippen LogP contribution in [0.5, 0.6) is 0 Å². The summed E-state index contributed by atoms with van der Waals surface area (Å²) in [5.74, 6) is 8.02. The summed E-state index contributed by atoms with van der Waals surface area (Å²) in [4.78, 5) is 11.5. The zero-order chi connectivity index (χ0) is 18.5. The molecule has 27 heavy (non-hydrogen) atoms. The predicted molar refractivity (Wildman–Crippen MR) is 109 cm³/mol. The van der Waals surface area contributed by atoms with E-state index in [-0.39, 0.29) is 0 Å².